The fraction of sp³-hybridized carbons (Fsp3) is 0.286. The molecule has 0 amide bonds. The van der Waals surface area contributed by atoms with Crippen LogP contribution in [0.3, 0.4) is 0 Å². The van der Waals surface area contributed by atoms with Crippen LogP contribution in [0.15, 0.2) is 24.7 Å². The molecule has 2 N–H and O–H groups in total. The molecule has 21 heavy (non-hydrogen) atoms. The van der Waals surface area contributed by atoms with Gasteiger partial charge in [0.05, 0.1) is 6.04 Å². The van der Waals surface area contributed by atoms with Crippen molar-refractivity contribution in [2.45, 2.75) is 25.8 Å². The van der Waals surface area contributed by atoms with Crippen LogP contribution in [0.4, 0.5) is 5.82 Å². The molecule has 1 saturated carbocycles. The molecule has 106 valence electrons. The standard InChI is InChI=1S/C14H14N6O/c1-8-4-5-16-10(6-8)21-14-11-12(15)17-7-18-13(11)20(19-14)9-2-3-9/h4-7,9H,2-3H2,1H3,(H2,15,17,18). The zero-order chi connectivity index (χ0) is 14.4. The van der Waals surface area contributed by atoms with Gasteiger partial charge in [-0.15, -0.1) is 5.10 Å². The Hall–Kier alpha value is -2.70. The minimum atomic E-state index is 0.370. The van der Waals surface area contributed by atoms with Crippen LogP contribution in [-0.4, -0.2) is 24.7 Å². The van der Waals surface area contributed by atoms with Gasteiger partial charge in [0.25, 0.3) is 5.88 Å². The summed E-state index contributed by atoms with van der Waals surface area (Å²) in [7, 11) is 0. The Morgan fingerprint density at radius 2 is 2.14 bits per heavy atom. The Kier molecular flexibility index (Phi) is 2.53. The van der Waals surface area contributed by atoms with Gasteiger partial charge in [-0.3, -0.25) is 0 Å². The highest BCUT2D eigenvalue weighted by Crippen LogP contribution is 2.40. The Bertz CT molecular complexity index is 823. The fourth-order valence-electron chi connectivity index (χ4n) is 2.27. The molecule has 0 aliphatic heterocycles. The van der Waals surface area contributed by atoms with Crippen molar-refractivity contribution >= 4 is 16.9 Å². The summed E-state index contributed by atoms with van der Waals surface area (Å²) in [6, 6.07) is 4.14. The number of aryl methyl sites for hydroxylation is 1. The molecule has 1 aliphatic carbocycles. The first-order chi connectivity index (χ1) is 10.2. The average Bonchev–Trinajstić information content (AvgIpc) is 3.23. The monoisotopic (exact) mass is 282 g/mol. The number of ether oxygens (including phenoxy) is 1. The van der Waals surface area contributed by atoms with E-state index in [9.17, 15) is 0 Å². The van der Waals surface area contributed by atoms with Crippen molar-refractivity contribution in [3.8, 4) is 11.8 Å². The minimum Gasteiger partial charge on any atom is -0.418 e. The van der Waals surface area contributed by atoms with Gasteiger partial charge in [-0.2, -0.15) is 0 Å². The largest absolute Gasteiger partial charge is 0.418 e. The molecule has 4 rings (SSSR count). The Balaban J connectivity index is 1.84. The highest BCUT2D eigenvalue weighted by atomic mass is 16.5. The van der Waals surface area contributed by atoms with Crippen LogP contribution in [0.2, 0.25) is 0 Å². The molecule has 0 unspecified atom stereocenters. The van der Waals surface area contributed by atoms with E-state index in [1.165, 1.54) is 6.33 Å². The number of nitrogens with zero attached hydrogens (tertiary/aromatic N) is 5. The van der Waals surface area contributed by atoms with Gasteiger partial charge in [0, 0.05) is 12.3 Å². The molecule has 3 aromatic rings. The lowest BCUT2D eigenvalue weighted by Crippen LogP contribution is -1.98. The molecule has 1 fully saturated rings. The summed E-state index contributed by atoms with van der Waals surface area (Å²) in [5.41, 5.74) is 7.75. The van der Waals surface area contributed by atoms with Crippen LogP contribution in [-0.2, 0) is 0 Å². The maximum absolute atomic E-state index is 5.97. The molecule has 7 nitrogen and oxygen atoms in total. The number of anilines is 1. The van der Waals surface area contributed by atoms with E-state index in [0.29, 0.717) is 34.7 Å². The molecule has 7 heteroatoms. The number of hydrogen-bond acceptors (Lipinski definition) is 6. The maximum Gasteiger partial charge on any atom is 0.253 e. The van der Waals surface area contributed by atoms with E-state index in [-0.39, 0.29) is 0 Å². The van der Waals surface area contributed by atoms with Gasteiger partial charge in [0.1, 0.15) is 17.5 Å². The van der Waals surface area contributed by atoms with E-state index in [1.807, 2.05) is 23.7 Å². The SMILES string of the molecule is Cc1ccnc(Oc2nn(C3CC3)c3ncnc(N)c23)c1. The predicted octanol–water partition coefficient (Wildman–Crippen LogP) is 2.24. The summed E-state index contributed by atoms with van der Waals surface area (Å²) in [6.45, 7) is 1.98. The number of nitrogens with two attached hydrogens (primary N) is 1. The van der Waals surface area contributed by atoms with E-state index < -0.39 is 0 Å². The summed E-state index contributed by atoms with van der Waals surface area (Å²) < 4.78 is 7.68. The third-order valence-corrected chi connectivity index (χ3v) is 3.47. The van der Waals surface area contributed by atoms with E-state index in [1.54, 1.807) is 6.20 Å². The van der Waals surface area contributed by atoms with E-state index >= 15 is 0 Å². The topological polar surface area (TPSA) is 91.7 Å². The Morgan fingerprint density at radius 3 is 2.90 bits per heavy atom. The second kappa shape index (κ2) is 4.41. The van der Waals surface area contributed by atoms with Crippen molar-refractivity contribution in [2.75, 3.05) is 5.73 Å². The number of nitrogen functional groups attached to an aromatic ring is 1. The summed E-state index contributed by atoms with van der Waals surface area (Å²) >= 11 is 0. The summed E-state index contributed by atoms with van der Waals surface area (Å²) in [5, 5.41) is 5.16. The lowest BCUT2D eigenvalue weighted by Gasteiger charge is -2.02. The van der Waals surface area contributed by atoms with Crippen LogP contribution in [0.1, 0.15) is 24.4 Å². The first kappa shape index (κ1) is 12.1. The molecule has 0 spiro atoms. The Labute approximate surface area is 120 Å². The van der Waals surface area contributed by atoms with Crippen molar-refractivity contribution in [1.82, 2.24) is 24.7 Å². The van der Waals surface area contributed by atoms with Crippen molar-refractivity contribution in [2.24, 2.45) is 0 Å². The Morgan fingerprint density at radius 1 is 1.29 bits per heavy atom. The summed E-state index contributed by atoms with van der Waals surface area (Å²) in [6.07, 6.45) is 5.35. The number of aromatic nitrogens is 5. The van der Waals surface area contributed by atoms with E-state index in [2.05, 4.69) is 20.1 Å². The van der Waals surface area contributed by atoms with Gasteiger partial charge in [-0.25, -0.2) is 19.6 Å². The third-order valence-electron chi connectivity index (χ3n) is 3.47. The quantitative estimate of drug-likeness (QED) is 0.792. The summed E-state index contributed by atoms with van der Waals surface area (Å²) in [5.74, 6) is 1.27. The molecule has 0 saturated heterocycles. The predicted molar refractivity (Wildman–Crippen MR) is 77.1 cm³/mol. The highest BCUT2D eigenvalue weighted by molar-refractivity contribution is 5.90. The van der Waals surface area contributed by atoms with Crippen LogP contribution in [0.25, 0.3) is 11.0 Å². The molecular formula is C14H14N6O. The van der Waals surface area contributed by atoms with Crippen molar-refractivity contribution < 1.29 is 4.74 Å². The molecule has 0 atom stereocenters. The van der Waals surface area contributed by atoms with Crippen molar-refractivity contribution in [3.63, 3.8) is 0 Å². The number of fused-ring (bicyclic) bond motifs is 1. The smallest absolute Gasteiger partial charge is 0.253 e. The number of rotatable bonds is 3. The lowest BCUT2D eigenvalue weighted by molar-refractivity contribution is 0.436. The van der Waals surface area contributed by atoms with Crippen LogP contribution in [0, 0.1) is 6.92 Å². The van der Waals surface area contributed by atoms with Gasteiger partial charge in [-0.05, 0) is 31.4 Å². The van der Waals surface area contributed by atoms with Crippen molar-refractivity contribution in [1.29, 1.82) is 0 Å². The van der Waals surface area contributed by atoms with Crippen LogP contribution >= 0.6 is 0 Å². The molecule has 3 heterocycles. The van der Waals surface area contributed by atoms with Gasteiger partial charge >= 0.3 is 0 Å². The van der Waals surface area contributed by atoms with Gasteiger partial charge in [0.2, 0.25) is 5.88 Å². The highest BCUT2D eigenvalue weighted by Gasteiger charge is 2.29. The number of pyridine rings is 1. The molecular weight excluding hydrogens is 268 g/mol. The van der Waals surface area contributed by atoms with Crippen LogP contribution in [0.5, 0.6) is 11.8 Å². The zero-order valence-electron chi connectivity index (χ0n) is 11.5. The average molecular weight is 282 g/mol. The summed E-state index contributed by atoms with van der Waals surface area (Å²) in [4.78, 5) is 12.5. The first-order valence-electron chi connectivity index (χ1n) is 6.81. The normalized spacial score (nSPS) is 14.5. The van der Waals surface area contributed by atoms with Gasteiger partial charge in [0.15, 0.2) is 5.65 Å². The van der Waals surface area contributed by atoms with E-state index in [0.717, 1.165) is 18.4 Å². The third kappa shape index (κ3) is 2.06. The van der Waals surface area contributed by atoms with Crippen molar-refractivity contribution in [3.05, 3.63) is 30.2 Å². The molecule has 0 radical (unpaired) electrons. The molecule has 0 aromatic carbocycles. The lowest BCUT2D eigenvalue weighted by atomic mass is 10.3. The molecule has 3 aromatic heterocycles. The second-order valence-electron chi connectivity index (χ2n) is 5.21. The van der Waals surface area contributed by atoms with Gasteiger partial charge < -0.3 is 10.5 Å². The zero-order valence-corrected chi connectivity index (χ0v) is 11.5. The molecule has 0 bridgehead atoms. The van der Waals surface area contributed by atoms with E-state index in [4.69, 9.17) is 10.5 Å². The first-order valence-corrected chi connectivity index (χ1v) is 6.81. The maximum atomic E-state index is 5.97. The van der Waals surface area contributed by atoms with Gasteiger partial charge in [-0.1, -0.05) is 0 Å². The minimum absolute atomic E-state index is 0.370. The van der Waals surface area contributed by atoms with Crippen LogP contribution < -0.4 is 10.5 Å². The second-order valence-corrected chi connectivity index (χ2v) is 5.21. The number of hydrogen-bond donors (Lipinski definition) is 1. The fourth-order valence-corrected chi connectivity index (χ4v) is 2.27. The molecule has 1 aliphatic rings.